The van der Waals surface area contributed by atoms with E-state index in [1.165, 1.54) is 5.56 Å². The molecule has 2 N–H and O–H groups in total. The van der Waals surface area contributed by atoms with Crippen LogP contribution in [0.25, 0.3) is 0 Å². The fraction of sp³-hybridized carbons (Fsp3) is 0.292. The van der Waals surface area contributed by atoms with Gasteiger partial charge < -0.3 is 10.6 Å². The van der Waals surface area contributed by atoms with E-state index in [0.717, 1.165) is 80.1 Å². The van der Waals surface area contributed by atoms with Gasteiger partial charge in [-0.05, 0) is 87.3 Å². The summed E-state index contributed by atoms with van der Waals surface area (Å²) in [5, 5.41) is 8.74. The number of aromatic nitrogens is 4. The van der Waals surface area contributed by atoms with Crippen molar-refractivity contribution in [3.8, 4) is 0 Å². The molecule has 4 aromatic carbocycles. The van der Waals surface area contributed by atoms with Crippen molar-refractivity contribution in [1.82, 2.24) is 30.6 Å². The number of anilines is 4. The first-order valence-corrected chi connectivity index (χ1v) is 24.8. The standard InChI is InChI=1S/C24H24ClN5O2S.C24H24ClN5OS/c25-20-8-4-5-9-21(20)29-15-18-14-27-23(33(32)16-17-6-2-1-3-7-17)28-22(18)30(24(29)31)19-10-12-26-13-11-19;25-20-8-4-5-9-21(20)29-15-18-14-27-23(32-16-17-6-2-1-3-7-17)28-22(18)30(24(29)31)19-10-12-26-13-11-19/h1-9,14,19,26H,10-13,15-16H2;1-9,14,19,26H,10-13,15-16H2. The topological polar surface area (TPSA) is 140 Å². The first kappa shape index (κ1) is 44.8. The summed E-state index contributed by atoms with van der Waals surface area (Å²) in [5.41, 5.74) is 5.29. The molecule has 1 unspecified atom stereocenters. The molecule has 334 valence electrons. The number of nitrogens with one attached hydrogen (secondary N) is 2. The van der Waals surface area contributed by atoms with Gasteiger partial charge in [-0.2, -0.15) is 0 Å². The average Bonchev–Trinajstić information content (AvgIpc) is 3.34. The first-order valence-electron chi connectivity index (χ1n) is 21.7. The molecule has 17 heteroatoms. The largest absolute Gasteiger partial charge is 0.330 e. The van der Waals surface area contributed by atoms with Crippen LogP contribution < -0.4 is 30.2 Å². The molecule has 1 atom stereocenters. The highest BCUT2D eigenvalue weighted by Gasteiger charge is 2.40. The SMILES string of the molecule is O=C1N(c2ccccc2Cl)Cc2cnc(S(=O)Cc3ccccc3)nc2N1C1CCNCC1.O=C1N(c2ccccc2Cl)Cc2cnc(SCc3ccccc3)nc2N1C1CCNCC1. The summed E-state index contributed by atoms with van der Waals surface area (Å²) in [4.78, 5) is 53.1. The normalized spacial score (nSPS) is 17.3. The summed E-state index contributed by atoms with van der Waals surface area (Å²) in [6.45, 7) is 4.14. The Labute approximate surface area is 395 Å². The molecule has 4 aliphatic heterocycles. The van der Waals surface area contributed by atoms with E-state index in [9.17, 15) is 13.8 Å². The van der Waals surface area contributed by atoms with Crippen LogP contribution >= 0.6 is 35.0 Å². The number of amides is 4. The maximum absolute atomic E-state index is 13.7. The Morgan fingerprint density at radius 1 is 0.600 bits per heavy atom. The summed E-state index contributed by atoms with van der Waals surface area (Å²) in [7, 11) is -1.42. The lowest BCUT2D eigenvalue weighted by molar-refractivity contribution is 0.244. The van der Waals surface area contributed by atoms with Gasteiger partial charge in [-0.15, -0.1) is 0 Å². The van der Waals surface area contributed by atoms with Crippen molar-refractivity contribution in [3.63, 3.8) is 0 Å². The van der Waals surface area contributed by atoms with Crippen LogP contribution in [0.3, 0.4) is 0 Å². The van der Waals surface area contributed by atoms with Crippen molar-refractivity contribution in [2.75, 3.05) is 45.8 Å². The maximum atomic E-state index is 13.7. The lowest BCUT2D eigenvalue weighted by Crippen LogP contribution is -2.55. The van der Waals surface area contributed by atoms with Crippen LogP contribution in [0.15, 0.2) is 132 Å². The molecule has 0 bridgehead atoms. The molecule has 4 aliphatic rings. The van der Waals surface area contributed by atoms with Crippen molar-refractivity contribution in [2.45, 2.75) is 72.7 Å². The van der Waals surface area contributed by atoms with E-state index < -0.39 is 10.8 Å². The highest BCUT2D eigenvalue weighted by molar-refractivity contribution is 7.98. The van der Waals surface area contributed by atoms with Crippen molar-refractivity contribution in [1.29, 1.82) is 0 Å². The number of piperidine rings is 2. The van der Waals surface area contributed by atoms with Crippen LogP contribution in [0.2, 0.25) is 10.0 Å². The van der Waals surface area contributed by atoms with Gasteiger partial charge in [0.25, 0.3) is 0 Å². The van der Waals surface area contributed by atoms with Gasteiger partial charge in [0.15, 0.2) is 5.16 Å². The van der Waals surface area contributed by atoms with Gasteiger partial charge in [0.2, 0.25) is 5.16 Å². The lowest BCUT2D eigenvalue weighted by atomic mass is 10.0. The average molecular weight is 948 g/mol. The quantitative estimate of drug-likeness (QED) is 0.101. The van der Waals surface area contributed by atoms with E-state index in [4.69, 9.17) is 28.2 Å². The Kier molecular flexibility index (Phi) is 14.3. The van der Waals surface area contributed by atoms with Gasteiger partial charge >= 0.3 is 12.1 Å². The molecule has 10 rings (SSSR count). The van der Waals surface area contributed by atoms with Gasteiger partial charge in [0, 0.05) is 41.4 Å². The number of hydrogen-bond donors (Lipinski definition) is 2. The molecule has 2 aromatic heterocycles. The zero-order valence-corrected chi connectivity index (χ0v) is 38.7. The summed E-state index contributed by atoms with van der Waals surface area (Å²) >= 11 is 14.5. The monoisotopic (exact) mass is 946 g/mol. The Morgan fingerprint density at radius 2 is 1.06 bits per heavy atom. The number of urea groups is 2. The number of fused-ring (bicyclic) bond motifs is 2. The minimum atomic E-state index is -1.42. The fourth-order valence-electron chi connectivity index (χ4n) is 8.52. The third-order valence-corrected chi connectivity index (χ3v) is 14.6. The number of carbonyl (C=O) groups excluding carboxylic acids is 2. The minimum absolute atomic E-state index is 0.00639. The van der Waals surface area contributed by atoms with Crippen LogP contribution in [-0.2, 0) is 35.4 Å². The molecule has 0 radical (unpaired) electrons. The van der Waals surface area contributed by atoms with E-state index in [1.54, 1.807) is 38.7 Å². The molecule has 6 aromatic rings. The fourth-order valence-corrected chi connectivity index (χ4v) is 10.7. The zero-order chi connectivity index (χ0) is 44.7. The lowest BCUT2D eigenvalue weighted by Gasteiger charge is -2.41. The summed E-state index contributed by atoms with van der Waals surface area (Å²) in [6, 6.07) is 34.5. The predicted octanol–water partition coefficient (Wildman–Crippen LogP) is 9.26. The van der Waals surface area contributed by atoms with Crippen molar-refractivity contribution < 1.29 is 13.8 Å². The minimum Gasteiger partial charge on any atom is -0.317 e. The molecule has 0 saturated carbocycles. The second kappa shape index (κ2) is 20.8. The number of hydrogen-bond acceptors (Lipinski definition) is 10. The van der Waals surface area contributed by atoms with Crippen LogP contribution in [0.4, 0.5) is 32.6 Å². The van der Waals surface area contributed by atoms with E-state index in [2.05, 4.69) is 37.7 Å². The maximum Gasteiger partial charge on any atom is 0.330 e. The highest BCUT2D eigenvalue weighted by atomic mass is 35.5. The van der Waals surface area contributed by atoms with Crippen molar-refractivity contribution in [3.05, 3.63) is 154 Å². The first-order chi connectivity index (χ1) is 31.8. The van der Waals surface area contributed by atoms with Gasteiger partial charge in [-0.3, -0.25) is 23.8 Å². The Hall–Kier alpha value is -5.42. The van der Waals surface area contributed by atoms with E-state index in [-0.39, 0.29) is 29.3 Å². The molecule has 4 amide bonds. The summed E-state index contributed by atoms with van der Waals surface area (Å²) in [6.07, 6.45) is 6.96. The number of thioether (sulfide) groups is 1. The third-order valence-electron chi connectivity index (χ3n) is 11.8. The van der Waals surface area contributed by atoms with Gasteiger partial charge in [0.1, 0.15) is 11.6 Å². The Morgan fingerprint density at radius 3 is 1.58 bits per heavy atom. The number of benzene rings is 4. The zero-order valence-electron chi connectivity index (χ0n) is 35.6. The number of para-hydroxylation sites is 2. The molecular formula is C48H48Cl2N10O3S2. The summed E-state index contributed by atoms with van der Waals surface area (Å²) in [5.74, 6) is 2.40. The van der Waals surface area contributed by atoms with Gasteiger partial charge in [0.05, 0.1) is 51.1 Å². The molecule has 65 heavy (non-hydrogen) atoms. The molecule has 13 nitrogen and oxygen atoms in total. The molecule has 2 fully saturated rings. The predicted molar refractivity (Wildman–Crippen MR) is 259 cm³/mol. The number of carbonyl (C=O) groups is 2. The van der Waals surface area contributed by atoms with Crippen LogP contribution in [0.1, 0.15) is 47.9 Å². The van der Waals surface area contributed by atoms with E-state index >= 15 is 0 Å². The second-order valence-electron chi connectivity index (χ2n) is 16.1. The Bertz CT molecular complexity index is 2660. The molecule has 0 spiro atoms. The molecule has 0 aliphatic carbocycles. The van der Waals surface area contributed by atoms with E-state index in [0.29, 0.717) is 51.2 Å². The number of nitrogens with zero attached hydrogens (tertiary/aromatic N) is 8. The number of halogens is 2. The summed E-state index contributed by atoms with van der Waals surface area (Å²) < 4.78 is 13.0. The van der Waals surface area contributed by atoms with Crippen molar-refractivity contribution >= 4 is 80.8 Å². The highest BCUT2D eigenvalue weighted by Crippen LogP contribution is 2.39. The van der Waals surface area contributed by atoms with Crippen LogP contribution in [-0.4, -0.2) is 74.5 Å². The van der Waals surface area contributed by atoms with Crippen LogP contribution in [0.5, 0.6) is 0 Å². The number of rotatable bonds is 10. The van der Waals surface area contributed by atoms with E-state index in [1.807, 2.05) is 102 Å². The smallest absolute Gasteiger partial charge is 0.317 e. The molecule has 2 saturated heterocycles. The Balaban J connectivity index is 0.000000164. The second-order valence-corrected chi connectivity index (χ2v) is 19.2. The van der Waals surface area contributed by atoms with Gasteiger partial charge in [-0.1, -0.05) is 120 Å². The van der Waals surface area contributed by atoms with Gasteiger partial charge in [-0.25, -0.2) is 29.5 Å². The third kappa shape index (κ3) is 10.2. The van der Waals surface area contributed by atoms with Crippen molar-refractivity contribution in [2.24, 2.45) is 0 Å². The molecular weight excluding hydrogens is 900 g/mol. The van der Waals surface area contributed by atoms with Crippen LogP contribution in [0, 0.1) is 0 Å². The molecule has 6 heterocycles.